The van der Waals surface area contributed by atoms with Crippen molar-refractivity contribution in [3.05, 3.63) is 215 Å². The second-order valence-electron chi connectivity index (χ2n) is 16.7. The third-order valence-corrected chi connectivity index (χ3v) is 12.1. The van der Waals surface area contributed by atoms with Gasteiger partial charge in [0.15, 0.2) is 12.6 Å². The highest BCUT2D eigenvalue weighted by Gasteiger charge is 2.54. The first-order valence-electron chi connectivity index (χ1n) is 22.7. The van der Waals surface area contributed by atoms with E-state index in [1.807, 2.05) is 164 Å². The van der Waals surface area contributed by atoms with Crippen LogP contribution < -0.4 is 5.11 Å². The van der Waals surface area contributed by atoms with Crippen molar-refractivity contribution < 1.29 is 52.5 Å². The van der Waals surface area contributed by atoms with Crippen LogP contribution in [0, 0.1) is 11.3 Å². The molecule has 3 aliphatic rings. The van der Waals surface area contributed by atoms with E-state index in [0.717, 1.165) is 27.8 Å². The number of ether oxygens (including phenoxy) is 10. The quantitative estimate of drug-likeness (QED) is 0.0787. The molecule has 12 nitrogen and oxygen atoms in total. The smallest absolute Gasteiger partial charge is 0.187 e. The van der Waals surface area contributed by atoms with Crippen molar-refractivity contribution in [3.8, 4) is 6.07 Å². The molecule has 3 saturated heterocycles. The van der Waals surface area contributed by atoms with Gasteiger partial charge >= 0.3 is 0 Å². The van der Waals surface area contributed by atoms with Crippen LogP contribution in [0.3, 0.4) is 0 Å². The largest absolute Gasteiger partial charge is 0.829 e. The van der Waals surface area contributed by atoms with Crippen molar-refractivity contribution in [2.45, 2.75) is 101 Å². The minimum absolute atomic E-state index is 0.0107. The highest BCUT2D eigenvalue weighted by molar-refractivity contribution is 5.37. The Hall–Kier alpha value is -5.63. The fourth-order valence-electron chi connectivity index (χ4n) is 8.61. The molecule has 12 heteroatoms. The fourth-order valence-corrected chi connectivity index (χ4v) is 8.61. The lowest BCUT2D eigenvalue weighted by molar-refractivity contribution is -0.549. The van der Waals surface area contributed by atoms with Crippen molar-refractivity contribution in [3.63, 3.8) is 0 Å². The van der Waals surface area contributed by atoms with Gasteiger partial charge in [-0.3, -0.25) is 0 Å². The molecule has 0 bridgehead atoms. The number of nitriles is 1. The van der Waals surface area contributed by atoms with E-state index >= 15 is 0 Å². The lowest BCUT2D eigenvalue weighted by Crippen LogP contribution is -2.69. The number of hydrogen-bond donors (Lipinski definition) is 0. The summed E-state index contributed by atoms with van der Waals surface area (Å²) in [6, 6.07) is 58.3. The summed E-state index contributed by atoms with van der Waals surface area (Å²) < 4.78 is 66.7. The van der Waals surface area contributed by atoms with Crippen molar-refractivity contribution in [1.29, 1.82) is 5.26 Å². The number of hydrogen-bond acceptors (Lipinski definition) is 12. The van der Waals surface area contributed by atoms with Crippen LogP contribution in [0.4, 0.5) is 0 Å². The first-order valence-corrected chi connectivity index (χ1v) is 22.7. The molecule has 0 spiro atoms. The lowest BCUT2D eigenvalue weighted by atomic mass is 9.95. The van der Waals surface area contributed by atoms with E-state index in [9.17, 15) is 10.4 Å². The summed E-state index contributed by atoms with van der Waals surface area (Å²) in [5.74, 6) is 0. The Balaban J connectivity index is 1.08. The van der Waals surface area contributed by atoms with E-state index in [2.05, 4.69) is 6.07 Å². The average Bonchev–Trinajstić information content (AvgIpc) is 3.38. The van der Waals surface area contributed by atoms with Crippen LogP contribution in [0.1, 0.15) is 45.2 Å². The Labute approximate surface area is 391 Å². The van der Waals surface area contributed by atoms with E-state index in [1.54, 1.807) is 12.1 Å². The molecule has 3 fully saturated rings. The zero-order valence-corrected chi connectivity index (χ0v) is 37.0. The van der Waals surface area contributed by atoms with Crippen molar-refractivity contribution in [1.82, 2.24) is 0 Å². The van der Waals surface area contributed by atoms with Gasteiger partial charge in [0.2, 0.25) is 0 Å². The molecule has 1 unspecified atom stereocenters. The normalized spacial score (nSPS) is 27.1. The van der Waals surface area contributed by atoms with Gasteiger partial charge in [-0.05, 0) is 33.9 Å². The number of fused-ring (bicyclic) bond motifs is 1. The molecule has 0 radical (unpaired) electrons. The zero-order chi connectivity index (χ0) is 45.6. The van der Waals surface area contributed by atoms with Crippen molar-refractivity contribution in [2.24, 2.45) is 0 Å². The average molecular weight is 905 g/mol. The highest BCUT2D eigenvalue weighted by Crippen LogP contribution is 2.39. The van der Waals surface area contributed by atoms with Crippen LogP contribution in [0.25, 0.3) is 0 Å². The van der Waals surface area contributed by atoms with E-state index in [-0.39, 0.29) is 39.6 Å². The Morgan fingerprint density at radius 1 is 0.507 bits per heavy atom. The van der Waals surface area contributed by atoms with E-state index in [4.69, 9.17) is 47.4 Å². The van der Waals surface area contributed by atoms with Crippen LogP contribution in [0.2, 0.25) is 0 Å². The Kier molecular flexibility index (Phi) is 16.2. The van der Waals surface area contributed by atoms with Crippen molar-refractivity contribution in [2.75, 3.05) is 13.2 Å². The van der Waals surface area contributed by atoms with E-state index in [1.165, 1.54) is 0 Å². The van der Waals surface area contributed by atoms with Gasteiger partial charge < -0.3 is 52.5 Å². The van der Waals surface area contributed by atoms with Gasteiger partial charge in [0.05, 0.1) is 57.9 Å². The molecule has 67 heavy (non-hydrogen) atoms. The SMILES string of the molecule is N#Cc1ccccc1CO[C@H]1[C@H](O[C@@H]2[C@@H](OCc3ccccc3)[C@@H]3OC(c4ccccc4)OC[C@H]3O[C@@H]2[O-])O[C@H](COCc2ccccc2)[C@@H](OCc2ccccc2)[C@@H]1OCc1ccccc1. The van der Waals surface area contributed by atoms with E-state index < -0.39 is 67.7 Å². The molecule has 0 N–H and O–H groups in total. The molecule has 346 valence electrons. The summed E-state index contributed by atoms with van der Waals surface area (Å²) in [5, 5.41) is 24.6. The summed E-state index contributed by atoms with van der Waals surface area (Å²) >= 11 is 0. The maximum absolute atomic E-state index is 14.5. The van der Waals surface area contributed by atoms with Crippen LogP contribution >= 0.6 is 0 Å². The third kappa shape index (κ3) is 12.1. The van der Waals surface area contributed by atoms with Gasteiger partial charge in [0.25, 0.3) is 0 Å². The summed E-state index contributed by atoms with van der Waals surface area (Å²) in [6.45, 7) is 1.04. The van der Waals surface area contributed by atoms with Crippen LogP contribution in [-0.2, 0) is 80.4 Å². The summed E-state index contributed by atoms with van der Waals surface area (Å²) in [7, 11) is 0. The number of benzene rings is 6. The molecule has 0 amide bonds. The molecule has 6 aromatic rings. The Morgan fingerprint density at radius 3 is 1.61 bits per heavy atom. The zero-order valence-electron chi connectivity index (χ0n) is 37.0. The van der Waals surface area contributed by atoms with Gasteiger partial charge in [-0.15, -0.1) is 0 Å². The molecule has 0 saturated carbocycles. The topological polar surface area (TPSA) is 139 Å². The second kappa shape index (κ2) is 23.4. The molecule has 6 aromatic carbocycles. The number of rotatable bonds is 19. The summed E-state index contributed by atoms with van der Waals surface area (Å²) in [5.41, 5.74) is 5.65. The standard InChI is InChI=1S/C55H54NO11/c56-30-43-28-16-17-29-44(43)35-62-52-49(60-33-40-22-10-3-11-23-40)47(59-32-39-20-8-2-9-21-39)45(36-58-31-38-18-6-1-7-19-38)65-55(52)67-51-50(61-34-41-24-12-4-13-25-41)48-46(64-53(51)57)37-63-54(66-48)42-26-14-5-15-27-42/h1-29,45-55H,31-37H2/q-1/t45-,46-,47-,48-,49+,50+,51-,52-,53+,54?,55+/m1/s1. The van der Waals surface area contributed by atoms with Gasteiger partial charge in [-0.25, -0.2) is 0 Å². The van der Waals surface area contributed by atoms with Gasteiger partial charge in [0.1, 0.15) is 48.8 Å². The monoisotopic (exact) mass is 904 g/mol. The first kappa shape index (κ1) is 46.5. The molecule has 0 aliphatic carbocycles. The highest BCUT2D eigenvalue weighted by atomic mass is 16.8. The molecule has 3 heterocycles. The Morgan fingerprint density at radius 2 is 1.01 bits per heavy atom. The predicted molar refractivity (Wildman–Crippen MR) is 243 cm³/mol. The molecular weight excluding hydrogens is 851 g/mol. The lowest BCUT2D eigenvalue weighted by Gasteiger charge is -2.53. The van der Waals surface area contributed by atoms with Gasteiger partial charge in [0, 0.05) is 11.9 Å². The van der Waals surface area contributed by atoms with Crippen LogP contribution in [0.15, 0.2) is 176 Å². The second-order valence-corrected chi connectivity index (χ2v) is 16.7. The maximum atomic E-state index is 14.5. The molecule has 11 atom stereocenters. The Bertz CT molecular complexity index is 2430. The first-order chi connectivity index (χ1) is 33.1. The van der Waals surface area contributed by atoms with Crippen molar-refractivity contribution >= 4 is 0 Å². The van der Waals surface area contributed by atoms with Gasteiger partial charge in [-0.2, -0.15) is 5.26 Å². The minimum atomic E-state index is -1.76. The molecule has 3 aliphatic heterocycles. The molecule has 9 rings (SSSR count). The molecule has 0 aromatic heterocycles. The predicted octanol–water partition coefficient (Wildman–Crippen LogP) is 7.73. The van der Waals surface area contributed by atoms with Crippen LogP contribution in [-0.4, -0.2) is 74.6 Å². The molecular formula is C55H54NO11-. The third-order valence-electron chi connectivity index (χ3n) is 12.1. The van der Waals surface area contributed by atoms with E-state index in [0.29, 0.717) is 17.7 Å². The fraction of sp³-hybridized carbons (Fsp3) is 0.327. The summed E-state index contributed by atoms with van der Waals surface area (Å²) in [4.78, 5) is 0. The summed E-state index contributed by atoms with van der Waals surface area (Å²) in [6.07, 6.45) is -11.0. The minimum Gasteiger partial charge on any atom is -0.829 e. The number of nitrogens with zero attached hydrogens (tertiary/aromatic N) is 1. The van der Waals surface area contributed by atoms with Crippen LogP contribution in [0.5, 0.6) is 0 Å². The maximum Gasteiger partial charge on any atom is 0.187 e. The van der Waals surface area contributed by atoms with Gasteiger partial charge in [-0.1, -0.05) is 170 Å².